The summed E-state index contributed by atoms with van der Waals surface area (Å²) in [6.45, 7) is 2.18. The Morgan fingerprint density at radius 3 is 2.73 bits per heavy atom. The SMILES string of the molecule is COC(COC(=O)c1ccccc1)C[C@H](C)n1cnc2c(N)ncnc21. The molecule has 0 saturated heterocycles. The smallest absolute Gasteiger partial charge is 0.338 e. The van der Waals surface area contributed by atoms with E-state index < -0.39 is 0 Å². The molecule has 3 rings (SSSR count). The van der Waals surface area contributed by atoms with Crippen LogP contribution in [0.25, 0.3) is 11.2 Å². The molecule has 8 nitrogen and oxygen atoms in total. The normalized spacial score (nSPS) is 13.5. The fraction of sp³-hybridized carbons (Fsp3) is 0.333. The van der Waals surface area contributed by atoms with Crippen molar-refractivity contribution in [1.29, 1.82) is 0 Å². The Morgan fingerprint density at radius 2 is 2.00 bits per heavy atom. The highest BCUT2D eigenvalue weighted by Gasteiger charge is 2.19. The third-order valence-corrected chi connectivity index (χ3v) is 4.21. The number of rotatable bonds is 7. The molecule has 3 aromatic rings. The molecule has 0 saturated carbocycles. The Kier molecular flexibility index (Phi) is 5.43. The number of nitrogens with zero attached hydrogens (tertiary/aromatic N) is 4. The molecule has 0 aliphatic heterocycles. The Hall–Kier alpha value is -3.00. The number of ether oxygens (including phenoxy) is 2. The van der Waals surface area contributed by atoms with Gasteiger partial charge in [-0.05, 0) is 25.5 Å². The van der Waals surface area contributed by atoms with Crippen molar-refractivity contribution in [3.8, 4) is 0 Å². The standard InChI is InChI=1S/C18H21N5O3/c1-12(23-11-22-15-16(19)20-10-21-17(15)23)8-14(25-2)9-26-18(24)13-6-4-3-5-7-13/h3-7,10-12,14H,8-9H2,1-2H3,(H2,19,20,21)/t12-,14?/m0/s1. The van der Waals surface area contributed by atoms with Gasteiger partial charge >= 0.3 is 5.97 Å². The van der Waals surface area contributed by atoms with Crippen LogP contribution in [-0.4, -0.2) is 45.3 Å². The Morgan fingerprint density at radius 1 is 1.23 bits per heavy atom. The summed E-state index contributed by atoms with van der Waals surface area (Å²) in [6.07, 6.45) is 3.46. The van der Waals surface area contributed by atoms with Gasteiger partial charge in [-0.25, -0.2) is 19.7 Å². The van der Waals surface area contributed by atoms with Crippen molar-refractivity contribution in [3.63, 3.8) is 0 Å². The molecule has 0 amide bonds. The number of aromatic nitrogens is 4. The van der Waals surface area contributed by atoms with Crippen LogP contribution in [0.1, 0.15) is 29.7 Å². The van der Waals surface area contributed by atoms with E-state index in [1.165, 1.54) is 6.33 Å². The second kappa shape index (κ2) is 7.92. The van der Waals surface area contributed by atoms with Gasteiger partial charge in [0.2, 0.25) is 0 Å². The summed E-state index contributed by atoms with van der Waals surface area (Å²) in [5.74, 6) is -0.0186. The molecule has 2 heterocycles. The zero-order valence-electron chi connectivity index (χ0n) is 14.7. The number of imidazole rings is 1. The highest BCUT2D eigenvalue weighted by Crippen LogP contribution is 2.22. The van der Waals surface area contributed by atoms with Crippen LogP contribution in [0.5, 0.6) is 0 Å². The molecule has 0 bridgehead atoms. The van der Waals surface area contributed by atoms with Gasteiger partial charge in [0.05, 0.1) is 18.0 Å². The van der Waals surface area contributed by atoms with Crippen molar-refractivity contribution in [2.75, 3.05) is 19.5 Å². The van der Waals surface area contributed by atoms with Crippen LogP contribution in [-0.2, 0) is 9.47 Å². The number of carbonyl (C=O) groups excluding carboxylic acids is 1. The monoisotopic (exact) mass is 355 g/mol. The lowest BCUT2D eigenvalue weighted by Crippen LogP contribution is -2.24. The van der Waals surface area contributed by atoms with Gasteiger partial charge in [0.25, 0.3) is 0 Å². The molecular formula is C18H21N5O3. The van der Waals surface area contributed by atoms with Crippen molar-refractivity contribution in [2.24, 2.45) is 0 Å². The van der Waals surface area contributed by atoms with Gasteiger partial charge < -0.3 is 19.8 Å². The number of carbonyl (C=O) groups is 1. The molecule has 0 spiro atoms. The highest BCUT2D eigenvalue weighted by atomic mass is 16.6. The highest BCUT2D eigenvalue weighted by molar-refractivity contribution is 5.89. The summed E-state index contributed by atoms with van der Waals surface area (Å²) in [7, 11) is 1.60. The van der Waals surface area contributed by atoms with Gasteiger partial charge in [0.1, 0.15) is 18.5 Å². The third-order valence-electron chi connectivity index (χ3n) is 4.21. The van der Waals surface area contributed by atoms with E-state index in [1.54, 1.807) is 37.7 Å². The maximum Gasteiger partial charge on any atom is 0.338 e. The number of fused-ring (bicyclic) bond motifs is 1. The van der Waals surface area contributed by atoms with E-state index in [4.69, 9.17) is 15.2 Å². The first-order chi connectivity index (χ1) is 12.6. The molecule has 0 aliphatic carbocycles. The quantitative estimate of drug-likeness (QED) is 0.648. The van der Waals surface area contributed by atoms with Crippen LogP contribution in [0.15, 0.2) is 43.0 Å². The Balaban J connectivity index is 1.64. The molecule has 26 heavy (non-hydrogen) atoms. The predicted octanol–water partition coefficient (Wildman–Crippen LogP) is 2.23. The minimum atomic E-state index is -0.367. The molecule has 0 fully saturated rings. The maximum atomic E-state index is 12.1. The summed E-state index contributed by atoms with van der Waals surface area (Å²) in [6, 6.07) is 8.90. The lowest BCUT2D eigenvalue weighted by Gasteiger charge is -2.21. The Labute approximate surface area is 151 Å². The molecule has 0 aliphatic rings. The van der Waals surface area contributed by atoms with Crippen molar-refractivity contribution >= 4 is 23.0 Å². The van der Waals surface area contributed by atoms with Crippen molar-refractivity contribution in [1.82, 2.24) is 19.5 Å². The molecule has 1 aromatic carbocycles. The van der Waals surface area contributed by atoms with E-state index in [0.29, 0.717) is 29.0 Å². The van der Waals surface area contributed by atoms with Crippen LogP contribution in [0.3, 0.4) is 0 Å². The predicted molar refractivity (Wildman–Crippen MR) is 96.6 cm³/mol. The molecule has 1 unspecified atom stereocenters. The minimum absolute atomic E-state index is 0.0228. The van der Waals surface area contributed by atoms with Crippen molar-refractivity contribution in [3.05, 3.63) is 48.5 Å². The fourth-order valence-corrected chi connectivity index (χ4v) is 2.75. The average molecular weight is 355 g/mol. The second-order valence-corrected chi connectivity index (χ2v) is 5.99. The van der Waals surface area contributed by atoms with Gasteiger partial charge in [-0.15, -0.1) is 0 Å². The largest absolute Gasteiger partial charge is 0.459 e. The first-order valence-electron chi connectivity index (χ1n) is 8.28. The molecule has 2 aromatic heterocycles. The van der Waals surface area contributed by atoms with E-state index >= 15 is 0 Å². The number of nitrogen functional groups attached to an aromatic ring is 1. The fourth-order valence-electron chi connectivity index (χ4n) is 2.75. The van der Waals surface area contributed by atoms with Crippen molar-refractivity contribution in [2.45, 2.75) is 25.5 Å². The minimum Gasteiger partial charge on any atom is -0.459 e. The number of benzene rings is 1. The molecular weight excluding hydrogens is 334 g/mol. The molecule has 2 N–H and O–H groups in total. The molecule has 0 radical (unpaired) electrons. The van der Waals surface area contributed by atoms with E-state index in [9.17, 15) is 4.79 Å². The molecule has 8 heteroatoms. The zero-order chi connectivity index (χ0) is 18.5. The number of hydrogen-bond acceptors (Lipinski definition) is 7. The lowest BCUT2D eigenvalue weighted by molar-refractivity contribution is 0.00377. The zero-order valence-corrected chi connectivity index (χ0v) is 14.7. The van der Waals surface area contributed by atoms with E-state index in [0.717, 1.165) is 0 Å². The average Bonchev–Trinajstić information content (AvgIpc) is 3.11. The summed E-state index contributed by atoms with van der Waals surface area (Å²) in [5.41, 5.74) is 7.58. The first-order valence-corrected chi connectivity index (χ1v) is 8.28. The maximum absolute atomic E-state index is 12.1. The lowest BCUT2D eigenvalue weighted by atomic mass is 10.1. The number of methoxy groups -OCH3 is 1. The topological polar surface area (TPSA) is 105 Å². The summed E-state index contributed by atoms with van der Waals surface area (Å²) in [4.78, 5) is 24.5. The van der Waals surface area contributed by atoms with Crippen LogP contribution in [0, 0.1) is 0 Å². The van der Waals surface area contributed by atoms with Crippen LogP contribution < -0.4 is 5.73 Å². The summed E-state index contributed by atoms with van der Waals surface area (Å²) in [5, 5.41) is 0. The van der Waals surface area contributed by atoms with Crippen LogP contribution in [0.2, 0.25) is 0 Å². The van der Waals surface area contributed by atoms with E-state index in [1.807, 2.05) is 17.6 Å². The van der Waals surface area contributed by atoms with E-state index in [-0.39, 0.29) is 24.7 Å². The van der Waals surface area contributed by atoms with E-state index in [2.05, 4.69) is 15.0 Å². The summed E-state index contributed by atoms with van der Waals surface area (Å²) < 4.78 is 12.8. The van der Waals surface area contributed by atoms with Crippen molar-refractivity contribution < 1.29 is 14.3 Å². The van der Waals surface area contributed by atoms with Gasteiger partial charge in [-0.1, -0.05) is 18.2 Å². The Bertz CT molecular complexity index is 881. The van der Waals surface area contributed by atoms with Gasteiger partial charge in [0, 0.05) is 13.2 Å². The first kappa shape index (κ1) is 17.8. The number of nitrogens with two attached hydrogens (primary N) is 1. The van der Waals surface area contributed by atoms with Gasteiger partial charge in [0.15, 0.2) is 11.5 Å². The van der Waals surface area contributed by atoms with Gasteiger partial charge in [-0.2, -0.15) is 0 Å². The van der Waals surface area contributed by atoms with Gasteiger partial charge in [-0.3, -0.25) is 0 Å². The van der Waals surface area contributed by atoms with Crippen LogP contribution >= 0.6 is 0 Å². The molecule has 136 valence electrons. The third kappa shape index (κ3) is 3.80. The second-order valence-electron chi connectivity index (χ2n) is 5.99. The summed E-state index contributed by atoms with van der Waals surface area (Å²) >= 11 is 0. The molecule has 2 atom stereocenters. The number of anilines is 1. The number of hydrogen-bond donors (Lipinski definition) is 1. The number of esters is 1. The van der Waals surface area contributed by atoms with Crippen LogP contribution in [0.4, 0.5) is 5.82 Å².